The fourth-order valence-electron chi connectivity index (χ4n) is 4.53. The van der Waals surface area contributed by atoms with Crippen LogP contribution in [0.2, 0.25) is 0 Å². The van der Waals surface area contributed by atoms with Gasteiger partial charge in [0, 0.05) is 4.47 Å². The van der Waals surface area contributed by atoms with Gasteiger partial charge < -0.3 is 0 Å². The summed E-state index contributed by atoms with van der Waals surface area (Å²) < 4.78 is 1.19. The van der Waals surface area contributed by atoms with Crippen molar-refractivity contribution in [1.82, 2.24) is 0 Å². The van der Waals surface area contributed by atoms with Crippen molar-refractivity contribution in [3.63, 3.8) is 0 Å². The van der Waals surface area contributed by atoms with E-state index in [9.17, 15) is 0 Å². The van der Waals surface area contributed by atoms with Gasteiger partial charge in [0.25, 0.3) is 0 Å². The van der Waals surface area contributed by atoms with Crippen molar-refractivity contribution in [2.75, 3.05) is 0 Å². The van der Waals surface area contributed by atoms with E-state index in [1.54, 1.807) is 11.1 Å². The van der Waals surface area contributed by atoms with Gasteiger partial charge in [-0.25, -0.2) is 0 Å². The molecule has 4 rings (SSSR count). The first-order valence-corrected chi connectivity index (χ1v) is 10.2. The predicted molar refractivity (Wildman–Crippen MR) is 112 cm³/mol. The van der Waals surface area contributed by atoms with Crippen LogP contribution in [0.1, 0.15) is 74.8 Å². The molecule has 2 aromatic carbocycles. The molecule has 0 heterocycles. The smallest absolute Gasteiger partial charge is 0.0178 e. The highest BCUT2D eigenvalue weighted by molar-refractivity contribution is 9.10. The molecule has 0 nitrogen and oxygen atoms in total. The lowest BCUT2D eigenvalue weighted by Crippen LogP contribution is -2.33. The van der Waals surface area contributed by atoms with Gasteiger partial charge in [0.1, 0.15) is 0 Å². The highest BCUT2D eigenvalue weighted by Gasteiger charge is 2.36. The normalized spacial score (nSPS) is 21.9. The number of hydrogen-bond donors (Lipinski definition) is 0. The lowest BCUT2D eigenvalue weighted by atomic mass is 9.63. The summed E-state index contributed by atoms with van der Waals surface area (Å²) in [6.45, 7) is 9.59. The third-order valence-corrected chi connectivity index (χ3v) is 6.79. The van der Waals surface area contributed by atoms with Gasteiger partial charge in [0.15, 0.2) is 0 Å². The van der Waals surface area contributed by atoms with Crippen LogP contribution in [-0.4, -0.2) is 0 Å². The van der Waals surface area contributed by atoms with E-state index >= 15 is 0 Å². The Morgan fingerprint density at radius 2 is 1.56 bits per heavy atom. The number of allylic oxidation sites excluding steroid dienone is 1. The Morgan fingerprint density at radius 3 is 2.32 bits per heavy atom. The van der Waals surface area contributed by atoms with Gasteiger partial charge in [-0.2, -0.15) is 0 Å². The molecular weight excluding hydrogens is 368 g/mol. The number of halogens is 1. The van der Waals surface area contributed by atoms with Gasteiger partial charge in [-0.3, -0.25) is 0 Å². The van der Waals surface area contributed by atoms with Crippen LogP contribution in [0.4, 0.5) is 0 Å². The van der Waals surface area contributed by atoms with Crippen molar-refractivity contribution >= 4 is 27.6 Å². The predicted octanol–water partition coefficient (Wildman–Crippen LogP) is 7.28. The summed E-state index contributed by atoms with van der Waals surface area (Å²) in [7, 11) is 0. The third kappa shape index (κ3) is 3.01. The Hall–Kier alpha value is -1.34. The maximum Gasteiger partial charge on any atom is 0.0178 e. The molecular formula is C24H27Br. The van der Waals surface area contributed by atoms with Crippen LogP contribution in [0, 0.1) is 0 Å². The van der Waals surface area contributed by atoms with E-state index in [2.05, 4.69) is 86.1 Å². The lowest BCUT2D eigenvalue weighted by molar-refractivity contribution is 0.332. The monoisotopic (exact) mass is 394 g/mol. The van der Waals surface area contributed by atoms with Crippen LogP contribution >= 0.6 is 15.9 Å². The molecule has 0 amide bonds. The van der Waals surface area contributed by atoms with Gasteiger partial charge in [0.05, 0.1) is 0 Å². The van der Waals surface area contributed by atoms with E-state index < -0.39 is 0 Å². The van der Waals surface area contributed by atoms with Crippen molar-refractivity contribution in [3.8, 4) is 0 Å². The van der Waals surface area contributed by atoms with Crippen LogP contribution in [0.3, 0.4) is 0 Å². The average molecular weight is 395 g/mol. The van der Waals surface area contributed by atoms with E-state index in [0.29, 0.717) is 5.41 Å². The van der Waals surface area contributed by atoms with Gasteiger partial charge in [-0.05, 0) is 82.0 Å². The second kappa shape index (κ2) is 5.84. The molecule has 0 saturated carbocycles. The minimum atomic E-state index is 0.276. The van der Waals surface area contributed by atoms with Gasteiger partial charge in [-0.1, -0.05) is 74.0 Å². The molecule has 0 aliphatic heterocycles. The number of rotatable bonds is 1. The van der Waals surface area contributed by atoms with E-state index in [1.165, 1.54) is 39.6 Å². The Morgan fingerprint density at radius 1 is 0.840 bits per heavy atom. The molecule has 0 saturated heterocycles. The summed E-state index contributed by atoms with van der Waals surface area (Å²) in [5, 5.41) is 0. The molecule has 2 aliphatic carbocycles. The van der Waals surface area contributed by atoms with Crippen LogP contribution in [-0.2, 0) is 17.3 Å². The number of aryl methyl sites for hydroxylation is 1. The third-order valence-electron chi connectivity index (χ3n) is 6.29. The molecule has 0 unspecified atom stereocenters. The van der Waals surface area contributed by atoms with Crippen LogP contribution in [0.15, 0.2) is 40.9 Å². The zero-order valence-corrected chi connectivity index (χ0v) is 17.3. The molecule has 25 heavy (non-hydrogen) atoms. The molecule has 2 aliphatic rings. The summed E-state index contributed by atoms with van der Waals surface area (Å²) in [5.41, 5.74) is 9.40. The molecule has 0 bridgehead atoms. The molecule has 1 heteroatoms. The second-order valence-electron chi connectivity index (χ2n) is 9.04. The highest BCUT2D eigenvalue weighted by atomic mass is 79.9. The number of benzene rings is 2. The minimum Gasteiger partial charge on any atom is -0.0576 e. The first-order chi connectivity index (χ1) is 11.8. The van der Waals surface area contributed by atoms with Crippen molar-refractivity contribution < 1.29 is 0 Å². The van der Waals surface area contributed by atoms with Crippen LogP contribution < -0.4 is 0 Å². The van der Waals surface area contributed by atoms with Crippen LogP contribution in [0.5, 0.6) is 0 Å². The average Bonchev–Trinajstić information content (AvgIpc) is 2.94. The molecule has 0 radical (unpaired) electrons. The Balaban J connectivity index is 1.77. The summed E-state index contributed by atoms with van der Waals surface area (Å²) in [5.74, 6) is 0. The summed E-state index contributed by atoms with van der Waals surface area (Å²) >= 11 is 3.60. The van der Waals surface area contributed by atoms with Crippen molar-refractivity contribution in [2.45, 2.75) is 64.2 Å². The molecule has 0 N–H and O–H groups in total. The molecule has 0 aromatic heterocycles. The van der Waals surface area contributed by atoms with Crippen molar-refractivity contribution in [2.24, 2.45) is 0 Å². The van der Waals surface area contributed by atoms with Gasteiger partial charge >= 0.3 is 0 Å². The summed E-state index contributed by atoms with van der Waals surface area (Å²) in [6.07, 6.45) is 7.26. The second-order valence-corrected chi connectivity index (χ2v) is 9.96. The molecule has 0 spiro atoms. The van der Waals surface area contributed by atoms with Gasteiger partial charge in [0.2, 0.25) is 0 Å². The van der Waals surface area contributed by atoms with E-state index in [-0.39, 0.29) is 5.41 Å². The Kier molecular flexibility index (Phi) is 3.99. The Bertz CT molecular complexity index is 868. The standard InChI is InChI=1S/C24H27Br/c1-23(2)11-12-24(3,4)22-14-16(5-10-21(22)23)13-17-6-7-18-15-19(25)8-9-20(17)18/h5,8-10,13-15H,6-7,11-12H2,1-4H3. The largest absolute Gasteiger partial charge is 0.0576 e. The van der Waals surface area contributed by atoms with E-state index in [0.717, 1.165) is 12.8 Å². The zero-order chi connectivity index (χ0) is 17.8. The molecule has 130 valence electrons. The lowest BCUT2D eigenvalue weighted by Gasteiger charge is -2.42. The number of fused-ring (bicyclic) bond motifs is 2. The topological polar surface area (TPSA) is 0 Å². The first kappa shape index (κ1) is 17.1. The van der Waals surface area contributed by atoms with Crippen LogP contribution in [0.25, 0.3) is 11.6 Å². The fourth-order valence-corrected chi connectivity index (χ4v) is 4.94. The highest BCUT2D eigenvalue weighted by Crippen LogP contribution is 2.46. The summed E-state index contributed by atoms with van der Waals surface area (Å²) in [4.78, 5) is 0. The maximum absolute atomic E-state index is 3.60. The van der Waals surface area contributed by atoms with E-state index in [1.807, 2.05) is 0 Å². The van der Waals surface area contributed by atoms with Crippen molar-refractivity contribution in [1.29, 1.82) is 0 Å². The Labute approximate surface area is 160 Å². The summed E-state index contributed by atoms with van der Waals surface area (Å²) in [6, 6.07) is 13.9. The van der Waals surface area contributed by atoms with Crippen molar-refractivity contribution in [3.05, 3.63) is 68.7 Å². The fraction of sp³-hybridized carbons (Fsp3) is 0.417. The molecule has 0 atom stereocenters. The zero-order valence-electron chi connectivity index (χ0n) is 15.7. The maximum atomic E-state index is 3.60. The number of hydrogen-bond acceptors (Lipinski definition) is 0. The van der Waals surface area contributed by atoms with Gasteiger partial charge in [-0.15, -0.1) is 0 Å². The minimum absolute atomic E-state index is 0.276. The quantitative estimate of drug-likeness (QED) is 0.476. The van der Waals surface area contributed by atoms with E-state index in [4.69, 9.17) is 0 Å². The SMILES string of the molecule is CC1(C)CCC(C)(C)c2cc(C=C3CCc4cc(Br)ccc43)ccc21. The first-order valence-electron chi connectivity index (χ1n) is 9.41. The molecule has 2 aromatic rings. The molecule has 0 fully saturated rings.